The Morgan fingerprint density at radius 1 is 0.444 bits per heavy atom. The van der Waals surface area contributed by atoms with E-state index in [1.54, 1.807) is 0 Å². The summed E-state index contributed by atoms with van der Waals surface area (Å²) in [5.41, 5.74) is 0. The molecule has 0 saturated carbocycles. The van der Waals surface area contributed by atoms with Gasteiger partial charge in [0.05, 0.1) is 0 Å². The van der Waals surface area contributed by atoms with Crippen LogP contribution in [0.25, 0.3) is 0 Å². The lowest BCUT2D eigenvalue weighted by molar-refractivity contribution is 0.594. The number of hydrogen-bond donors (Lipinski definition) is 0. The highest BCUT2D eigenvalue weighted by atomic mass is 31.2. The summed E-state index contributed by atoms with van der Waals surface area (Å²) in [5.74, 6) is 0. The van der Waals surface area contributed by atoms with Gasteiger partial charge in [-0.15, -0.1) is 0 Å². The SMILES string of the molecule is N#CC(P(=O)(c1ccccc1)c1ccccc1)=P(c1ccccc1)(c1ccccc1)c1ccccc1. The first-order valence-corrected chi connectivity index (χ1v) is 15.3. The third-order valence-corrected chi connectivity index (χ3v) is 14.8. The molecule has 0 aliphatic carbocycles. The molecule has 0 aliphatic rings. The summed E-state index contributed by atoms with van der Waals surface area (Å²) in [6.07, 6.45) is 0. The number of nitrogens with zero attached hydrogens (tertiary/aromatic N) is 1. The smallest absolute Gasteiger partial charge is 0.182 e. The topological polar surface area (TPSA) is 40.9 Å². The van der Waals surface area contributed by atoms with E-state index in [4.69, 9.17) is 0 Å². The van der Waals surface area contributed by atoms with Crippen LogP contribution in [0, 0.1) is 11.3 Å². The summed E-state index contributed by atoms with van der Waals surface area (Å²) in [6, 6.07) is 51.9. The van der Waals surface area contributed by atoms with Gasteiger partial charge in [0.25, 0.3) is 0 Å². The van der Waals surface area contributed by atoms with Crippen LogP contribution in [0.1, 0.15) is 0 Å². The van der Waals surface area contributed by atoms with Crippen molar-refractivity contribution < 1.29 is 4.57 Å². The molecule has 36 heavy (non-hydrogen) atoms. The van der Waals surface area contributed by atoms with Gasteiger partial charge in [0.15, 0.2) is 7.14 Å². The minimum absolute atomic E-state index is 0.427. The predicted octanol–water partition coefficient (Wildman–Crippen LogP) is 5.65. The molecule has 0 fully saturated rings. The summed E-state index contributed by atoms with van der Waals surface area (Å²) < 4.78 is 15.7. The lowest BCUT2D eigenvalue weighted by Gasteiger charge is -2.33. The van der Waals surface area contributed by atoms with Gasteiger partial charge in [-0.05, 0) is 22.8 Å². The molecular formula is C32H25NOP2. The summed E-state index contributed by atoms with van der Waals surface area (Å²) >= 11 is 0. The fourth-order valence-electron chi connectivity index (χ4n) is 4.80. The molecule has 0 aliphatic heterocycles. The van der Waals surface area contributed by atoms with Crippen LogP contribution in [0.2, 0.25) is 0 Å². The van der Waals surface area contributed by atoms with Gasteiger partial charge in [-0.25, -0.2) is 0 Å². The fraction of sp³-hybridized carbons (Fsp3) is 0. The molecule has 5 aromatic rings. The van der Waals surface area contributed by atoms with Gasteiger partial charge in [-0.1, -0.05) is 152 Å². The highest BCUT2D eigenvalue weighted by Gasteiger charge is 2.41. The standard InChI is InChI=1S/C32H25NOP2/c33-26-32(36(34,30-22-12-4-13-23-30)31-24-14-5-15-25-31)35(27-16-6-1-7-17-27,28-18-8-2-9-19-28)29-20-10-3-11-21-29/h1-25H. The number of hydrogen-bond acceptors (Lipinski definition) is 2. The van der Waals surface area contributed by atoms with Crippen molar-refractivity contribution in [1.29, 1.82) is 5.26 Å². The second-order valence-corrected chi connectivity index (χ2v) is 14.8. The molecule has 5 rings (SSSR count). The fourth-order valence-corrected chi connectivity index (χ4v) is 14.0. The zero-order chi connectivity index (χ0) is 24.8. The maximum atomic E-state index is 15.7. The molecule has 0 atom stereocenters. The van der Waals surface area contributed by atoms with Crippen LogP contribution in [0.15, 0.2) is 152 Å². The third-order valence-electron chi connectivity index (χ3n) is 6.39. The maximum absolute atomic E-state index is 15.7. The molecule has 0 N–H and O–H groups in total. The zero-order valence-corrected chi connectivity index (χ0v) is 21.5. The van der Waals surface area contributed by atoms with Crippen LogP contribution < -0.4 is 26.5 Å². The molecule has 0 bridgehead atoms. The van der Waals surface area contributed by atoms with Crippen LogP contribution >= 0.6 is 14.0 Å². The Bertz CT molecular complexity index is 1450. The van der Waals surface area contributed by atoms with E-state index in [1.807, 2.05) is 115 Å². The number of benzene rings is 5. The Hall–Kier alpha value is -3.88. The summed E-state index contributed by atoms with van der Waals surface area (Å²) in [5, 5.41) is 15.8. The van der Waals surface area contributed by atoms with E-state index >= 15 is 4.57 Å². The van der Waals surface area contributed by atoms with Gasteiger partial charge in [0.1, 0.15) is 11.1 Å². The van der Waals surface area contributed by atoms with Crippen molar-refractivity contribution in [1.82, 2.24) is 0 Å². The average Bonchev–Trinajstić information content (AvgIpc) is 2.98. The Morgan fingerprint density at radius 3 is 0.944 bits per heavy atom. The maximum Gasteiger partial charge on any atom is 0.182 e. The molecule has 2 nitrogen and oxygen atoms in total. The van der Waals surface area contributed by atoms with E-state index in [-0.39, 0.29) is 0 Å². The van der Waals surface area contributed by atoms with Gasteiger partial charge in [-0.3, -0.25) is 0 Å². The molecule has 0 spiro atoms. The van der Waals surface area contributed by atoms with Crippen molar-refractivity contribution in [2.75, 3.05) is 0 Å². The molecular weight excluding hydrogens is 476 g/mol. The van der Waals surface area contributed by atoms with E-state index < -0.39 is 14.0 Å². The van der Waals surface area contributed by atoms with Crippen molar-refractivity contribution in [3.63, 3.8) is 0 Å². The van der Waals surface area contributed by atoms with Crippen LogP contribution in [-0.4, -0.2) is 5.03 Å². The Labute approximate surface area is 212 Å². The molecule has 0 radical (unpaired) electrons. The highest BCUT2D eigenvalue weighted by molar-refractivity contribution is 8.13. The third kappa shape index (κ3) is 3.98. The van der Waals surface area contributed by atoms with Crippen LogP contribution in [0.3, 0.4) is 0 Å². The highest BCUT2D eigenvalue weighted by Crippen LogP contribution is 2.58. The number of rotatable bonds is 6. The molecule has 4 heteroatoms. The van der Waals surface area contributed by atoms with Gasteiger partial charge in [0, 0.05) is 10.6 Å². The minimum atomic E-state index is -3.55. The van der Waals surface area contributed by atoms with Crippen LogP contribution in [-0.2, 0) is 4.57 Å². The van der Waals surface area contributed by atoms with Crippen LogP contribution in [0.4, 0.5) is 0 Å². The first kappa shape index (κ1) is 23.8. The van der Waals surface area contributed by atoms with Crippen LogP contribution in [0.5, 0.6) is 0 Å². The number of nitriles is 1. The summed E-state index contributed by atoms with van der Waals surface area (Å²) in [4.78, 5) is 0. The van der Waals surface area contributed by atoms with E-state index in [0.29, 0.717) is 15.6 Å². The van der Waals surface area contributed by atoms with E-state index in [1.165, 1.54) is 0 Å². The van der Waals surface area contributed by atoms with Crippen molar-refractivity contribution in [3.05, 3.63) is 152 Å². The van der Waals surface area contributed by atoms with Gasteiger partial charge in [0.2, 0.25) is 0 Å². The Kier molecular flexibility index (Phi) is 6.88. The van der Waals surface area contributed by atoms with E-state index in [0.717, 1.165) is 15.9 Å². The first-order valence-electron chi connectivity index (χ1n) is 11.8. The molecule has 5 aromatic carbocycles. The van der Waals surface area contributed by atoms with E-state index in [9.17, 15) is 5.26 Å². The van der Waals surface area contributed by atoms with E-state index in [2.05, 4.69) is 42.5 Å². The predicted molar refractivity (Wildman–Crippen MR) is 156 cm³/mol. The van der Waals surface area contributed by atoms with Gasteiger partial charge in [-0.2, -0.15) is 5.26 Å². The Balaban J connectivity index is 2.09. The van der Waals surface area contributed by atoms with Gasteiger partial charge < -0.3 is 4.57 Å². The monoisotopic (exact) mass is 501 g/mol. The molecule has 0 unspecified atom stereocenters. The average molecular weight is 502 g/mol. The second kappa shape index (κ2) is 10.4. The summed E-state index contributed by atoms with van der Waals surface area (Å²) in [6.45, 7) is -2.82. The van der Waals surface area contributed by atoms with Crippen molar-refractivity contribution in [2.45, 2.75) is 0 Å². The van der Waals surface area contributed by atoms with Crippen molar-refractivity contribution in [2.24, 2.45) is 0 Å². The molecule has 0 saturated heterocycles. The second-order valence-electron chi connectivity index (χ2n) is 8.39. The molecule has 174 valence electrons. The molecule has 0 heterocycles. The quantitative estimate of drug-likeness (QED) is 0.282. The lowest BCUT2D eigenvalue weighted by atomic mass is 10.4. The largest absolute Gasteiger partial charge is 0.308 e. The first-order chi connectivity index (χ1) is 17.7. The minimum Gasteiger partial charge on any atom is -0.308 e. The van der Waals surface area contributed by atoms with Gasteiger partial charge >= 0.3 is 0 Å². The molecule has 0 amide bonds. The van der Waals surface area contributed by atoms with Crippen molar-refractivity contribution >= 4 is 45.6 Å². The normalized spacial score (nSPS) is 11.4. The Morgan fingerprint density at radius 2 is 0.694 bits per heavy atom. The molecule has 0 aromatic heterocycles. The summed E-state index contributed by atoms with van der Waals surface area (Å²) in [7, 11) is -3.55. The zero-order valence-electron chi connectivity index (χ0n) is 19.7. The lowest BCUT2D eigenvalue weighted by Crippen LogP contribution is -2.33. The van der Waals surface area contributed by atoms with Crippen molar-refractivity contribution in [3.8, 4) is 6.07 Å².